The number of nitrogens with zero attached hydrogens (tertiary/aromatic N) is 2. The largest absolute Gasteiger partial charge is 0.486 e. The van der Waals surface area contributed by atoms with Gasteiger partial charge in [0.15, 0.2) is 11.5 Å². The van der Waals surface area contributed by atoms with Crippen LogP contribution in [0.2, 0.25) is 0 Å². The number of ether oxygens (including phenoxy) is 2. The molecule has 1 aliphatic rings. The Morgan fingerprint density at radius 1 is 1.17 bits per heavy atom. The molecule has 0 saturated heterocycles. The van der Waals surface area contributed by atoms with Gasteiger partial charge in [-0.25, -0.2) is 8.42 Å². The van der Waals surface area contributed by atoms with Crippen molar-refractivity contribution in [3.05, 3.63) is 48.0 Å². The van der Waals surface area contributed by atoms with Gasteiger partial charge in [-0.15, -0.1) is 0 Å². The second-order valence-corrected chi connectivity index (χ2v) is 8.30. The van der Waals surface area contributed by atoms with Crippen molar-refractivity contribution in [3.63, 3.8) is 0 Å². The number of anilines is 1. The molecule has 1 aliphatic heterocycles. The molecular formula is C20H21N3O5S. The lowest BCUT2D eigenvalue weighted by Gasteiger charge is -2.23. The first-order valence-corrected chi connectivity index (χ1v) is 10.5. The first-order valence-electron chi connectivity index (χ1n) is 8.98. The summed E-state index contributed by atoms with van der Waals surface area (Å²) < 4.78 is 38.6. The Morgan fingerprint density at radius 2 is 1.83 bits per heavy atom. The van der Waals surface area contributed by atoms with Crippen LogP contribution in [-0.4, -0.2) is 45.5 Å². The smallest absolute Gasteiger partial charge is 0.262 e. The van der Waals surface area contributed by atoms with Crippen molar-refractivity contribution >= 4 is 21.6 Å². The Kier molecular flexibility index (Phi) is 5.94. The van der Waals surface area contributed by atoms with E-state index in [1.54, 1.807) is 32.2 Å². The lowest BCUT2D eigenvalue weighted by atomic mass is 10.1. The summed E-state index contributed by atoms with van der Waals surface area (Å²) in [6.07, 6.45) is 0.232. The van der Waals surface area contributed by atoms with Gasteiger partial charge in [0, 0.05) is 30.4 Å². The Balaban J connectivity index is 1.73. The zero-order valence-corrected chi connectivity index (χ0v) is 16.9. The van der Waals surface area contributed by atoms with Gasteiger partial charge in [-0.05, 0) is 43.3 Å². The number of rotatable bonds is 6. The maximum Gasteiger partial charge on any atom is 0.262 e. The van der Waals surface area contributed by atoms with Crippen LogP contribution in [0.15, 0.2) is 47.4 Å². The van der Waals surface area contributed by atoms with Gasteiger partial charge in [0.1, 0.15) is 13.2 Å². The molecule has 0 spiro atoms. The number of nitriles is 1. The predicted octanol–water partition coefficient (Wildman–Crippen LogP) is 2.63. The molecule has 0 radical (unpaired) electrons. The number of hydrogen-bond acceptors (Lipinski definition) is 6. The van der Waals surface area contributed by atoms with Gasteiger partial charge in [-0.1, -0.05) is 0 Å². The highest BCUT2D eigenvalue weighted by Gasteiger charge is 2.20. The average Bonchev–Trinajstić information content (AvgIpc) is 2.72. The quantitative estimate of drug-likeness (QED) is 0.777. The van der Waals surface area contributed by atoms with E-state index >= 15 is 0 Å². The van der Waals surface area contributed by atoms with Gasteiger partial charge >= 0.3 is 0 Å². The van der Waals surface area contributed by atoms with Crippen molar-refractivity contribution in [2.24, 2.45) is 0 Å². The van der Waals surface area contributed by atoms with E-state index in [0.29, 0.717) is 36.0 Å². The molecular weight excluding hydrogens is 394 g/mol. The third kappa shape index (κ3) is 4.60. The van der Waals surface area contributed by atoms with Crippen LogP contribution in [0.5, 0.6) is 11.5 Å². The summed E-state index contributed by atoms with van der Waals surface area (Å²) in [5, 5.41) is 8.77. The Morgan fingerprint density at radius 3 is 2.48 bits per heavy atom. The first-order chi connectivity index (χ1) is 13.8. The average molecular weight is 415 g/mol. The fraction of sp³-hybridized carbons (Fsp3) is 0.300. The van der Waals surface area contributed by atoms with E-state index in [0.717, 1.165) is 0 Å². The van der Waals surface area contributed by atoms with E-state index in [9.17, 15) is 13.2 Å². The molecule has 2 aromatic rings. The number of nitrogens with one attached hydrogen (secondary N) is 1. The van der Waals surface area contributed by atoms with Crippen LogP contribution >= 0.6 is 0 Å². The summed E-state index contributed by atoms with van der Waals surface area (Å²) >= 11 is 0. The molecule has 1 amide bonds. The van der Waals surface area contributed by atoms with E-state index in [-0.39, 0.29) is 23.3 Å². The summed E-state index contributed by atoms with van der Waals surface area (Å²) in [5.41, 5.74) is 0.726. The number of amides is 1. The van der Waals surface area contributed by atoms with E-state index < -0.39 is 10.0 Å². The number of fused-ring (bicyclic) bond motifs is 1. The second-order valence-electron chi connectivity index (χ2n) is 6.62. The van der Waals surface area contributed by atoms with E-state index in [2.05, 4.69) is 4.72 Å². The standard InChI is InChI=1S/C20H21N3O5S/c1-14(9-10-21)23(2)20(24)15-3-5-16(6-4-15)22-29(25,26)17-7-8-18-19(13-17)28-12-11-27-18/h3-8,13-14,22H,9,11-12H2,1-2H3. The van der Waals surface area contributed by atoms with Crippen LogP contribution in [0, 0.1) is 11.3 Å². The molecule has 0 saturated carbocycles. The molecule has 29 heavy (non-hydrogen) atoms. The molecule has 1 heterocycles. The van der Waals surface area contributed by atoms with Gasteiger partial charge in [-0.2, -0.15) is 5.26 Å². The molecule has 0 aliphatic carbocycles. The maximum absolute atomic E-state index is 12.7. The van der Waals surface area contributed by atoms with Crippen LogP contribution in [0.3, 0.4) is 0 Å². The number of carbonyl (C=O) groups excluding carboxylic acids is 1. The predicted molar refractivity (Wildman–Crippen MR) is 106 cm³/mol. The Bertz CT molecular complexity index is 1040. The van der Waals surface area contributed by atoms with Crippen molar-refractivity contribution in [1.29, 1.82) is 5.26 Å². The molecule has 8 nitrogen and oxygen atoms in total. The molecule has 1 unspecified atom stereocenters. The topological polar surface area (TPSA) is 109 Å². The fourth-order valence-electron chi connectivity index (χ4n) is 2.76. The van der Waals surface area contributed by atoms with Crippen LogP contribution in [-0.2, 0) is 10.0 Å². The summed E-state index contributed by atoms with van der Waals surface area (Å²) in [6.45, 7) is 2.57. The molecule has 0 fully saturated rings. The van der Waals surface area contributed by atoms with Gasteiger partial charge in [0.2, 0.25) is 0 Å². The van der Waals surface area contributed by atoms with Crippen molar-refractivity contribution in [3.8, 4) is 17.6 Å². The molecule has 152 valence electrons. The van der Waals surface area contributed by atoms with Gasteiger partial charge in [-0.3, -0.25) is 9.52 Å². The number of benzene rings is 2. The van der Waals surface area contributed by atoms with Crippen LogP contribution in [0.4, 0.5) is 5.69 Å². The molecule has 1 atom stereocenters. The zero-order chi connectivity index (χ0) is 21.0. The minimum absolute atomic E-state index is 0.0481. The monoisotopic (exact) mass is 415 g/mol. The Hall–Kier alpha value is -3.25. The highest BCUT2D eigenvalue weighted by molar-refractivity contribution is 7.92. The summed E-state index contributed by atoms with van der Waals surface area (Å²) in [7, 11) is -2.21. The lowest BCUT2D eigenvalue weighted by Crippen LogP contribution is -2.34. The molecule has 3 rings (SSSR count). The second kappa shape index (κ2) is 8.41. The van der Waals surface area contributed by atoms with Gasteiger partial charge in [0.25, 0.3) is 15.9 Å². The fourth-order valence-corrected chi connectivity index (χ4v) is 3.83. The molecule has 2 aromatic carbocycles. The van der Waals surface area contributed by atoms with Crippen molar-refractivity contribution in [1.82, 2.24) is 4.90 Å². The SMILES string of the molecule is CC(CC#N)N(C)C(=O)c1ccc(NS(=O)(=O)c2ccc3c(c2)OCCO3)cc1. The van der Waals surface area contributed by atoms with Crippen LogP contribution in [0.25, 0.3) is 0 Å². The van der Waals surface area contributed by atoms with Crippen molar-refractivity contribution in [2.45, 2.75) is 24.3 Å². The molecule has 9 heteroatoms. The van der Waals surface area contributed by atoms with E-state index in [1.807, 2.05) is 6.07 Å². The third-order valence-electron chi connectivity index (χ3n) is 4.58. The first kappa shape index (κ1) is 20.5. The summed E-state index contributed by atoms with van der Waals surface area (Å²) in [6, 6.07) is 12.4. The van der Waals surface area contributed by atoms with Crippen LogP contribution in [0.1, 0.15) is 23.7 Å². The van der Waals surface area contributed by atoms with E-state index in [1.165, 1.54) is 29.2 Å². The third-order valence-corrected chi connectivity index (χ3v) is 5.96. The summed E-state index contributed by atoms with van der Waals surface area (Å²) in [4.78, 5) is 14.0. The molecule has 0 aromatic heterocycles. The normalized spacial score (nSPS) is 13.8. The molecule has 1 N–H and O–H groups in total. The Labute approximate surface area is 169 Å². The van der Waals surface area contributed by atoms with Crippen LogP contribution < -0.4 is 14.2 Å². The highest BCUT2D eigenvalue weighted by atomic mass is 32.2. The van der Waals surface area contributed by atoms with Gasteiger partial charge in [0.05, 0.1) is 17.4 Å². The lowest BCUT2D eigenvalue weighted by molar-refractivity contribution is 0.0746. The highest BCUT2D eigenvalue weighted by Crippen LogP contribution is 2.32. The summed E-state index contributed by atoms with van der Waals surface area (Å²) in [5.74, 6) is 0.649. The maximum atomic E-state index is 12.7. The molecule has 0 bridgehead atoms. The minimum Gasteiger partial charge on any atom is -0.486 e. The minimum atomic E-state index is -3.83. The van der Waals surface area contributed by atoms with E-state index in [4.69, 9.17) is 14.7 Å². The van der Waals surface area contributed by atoms with Crippen molar-refractivity contribution in [2.75, 3.05) is 25.0 Å². The van der Waals surface area contributed by atoms with Gasteiger partial charge < -0.3 is 14.4 Å². The van der Waals surface area contributed by atoms with Crippen molar-refractivity contribution < 1.29 is 22.7 Å². The number of carbonyl (C=O) groups is 1. The number of sulfonamides is 1. The zero-order valence-electron chi connectivity index (χ0n) is 16.1. The number of hydrogen-bond donors (Lipinski definition) is 1.